The van der Waals surface area contributed by atoms with E-state index < -0.39 is 6.10 Å². The second-order valence-corrected chi connectivity index (χ2v) is 3.66. The lowest BCUT2D eigenvalue weighted by Crippen LogP contribution is -2.15. The van der Waals surface area contributed by atoms with E-state index in [0.717, 1.165) is 17.1 Å². The lowest BCUT2D eigenvalue weighted by molar-refractivity contribution is 0.122. The number of ether oxygens (including phenoxy) is 2. The Kier molecular flexibility index (Phi) is 5.08. The smallest absolute Gasteiger partial charge is 0.124 e. The van der Waals surface area contributed by atoms with E-state index in [9.17, 15) is 0 Å². The van der Waals surface area contributed by atoms with Crippen LogP contribution in [0, 0.1) is 0 Å². The van der Waals surface area contributed by atoms with Crippen LogP contribution in [-0.2, 0) is 6.54 Å². The van der Waals surface area contributed by atoms with Crippen LogP contribution >= 0.6 is 0 Å². The fourth-order valence-electron chi connectivity index (χ4n) is 1.36. The molecular formula is C12H19NO3. The third-order valence-corrected chi connectivity index (χ3v) is 2.11. The summed E-state index contributed by atoms with van der Waals surface area (Å²) in [5.74, 6) is 1.57. The molecule has 0 saturated heterocycles. The second kappa shape index (κ2) is 6.35. The summed E-state index contributed by atoms with van der Waals surface area (Å²) in [6.45, 7) is 2.69. The minimum atomic E-state index is -0.468. The summed E-state index contributed by atoms with van der Waals surface area (Å²) in [5.41, 5.74) is 1.02. The molecule has 0 bridgehead atoms. The van der Waals surface area contributed by atoms with Crippen molar-refractivity contribution in [3.8, 4) is 11.5 Å². The maximum atomic E-state index is 9.17. The molecule has 1 rings (SSSR count). The molecule has 16 heavy (non-hydrogen) atoms. The number of methoxy groups -OCH3 is 1. The summed E-state index contributed by atoms with van der Waals surface area (Å²) in [4.78, 5) is 0. The molecule has 90 valence electrons. The van der Waals surface area contributed by atoms with Gasteiger partial charge in [-0.1, -0.05) is 0 Å². The SMILES string of the molecule is CNCc1cc(OC)ccc1OCC(C)O. The molecule has 1 aromatic carbocycles. The van der Waals surface area contributed by atoms with Gasteiger partial charge in [0.25, 0.3) is 0 Å². The van der Waals surface area contributed by atoms with Gasteiger partial charge >= 0.3 is 0 Å². The van der Waals surface area contributed by atoms with E-state index in [0.29, 0.717) is 13.2 Å². The van der Waals surface area contributed by atoms with Gasteiger partial charge in [-0.15, -0.1) is 0 Å². The highest BCUT2D eigenvalue weighted by Gasteiger charge is 2.06. The van der Waals surface area contributed by atoms with Gasteiger partial charge in [-0.3, -0.25) is 0 Å². The molecule has 0 saturated carbocycles. The number of rotatable bonds is 6. The zero-order chi connectivity index (χ0) is 12.0. The highest BCUT2D eigenvalue weighted by atomic mass is 16.5. The van der Waals surface area contributed by atoms with Crippen molar-refractivity contribution >= 4 is 0 Å². The maximum absolute atomic E-state index is 9.17. The average molecular weight is 225 g/mol. The summed E-state index contributed by atoms with van der Waals surface area (Å²) < 4.78 is 10.7. The predicted molar refractivity (Wildman–Crippen MR) is 62.9 cm³/mol. The molecule has 0 aliphatic carbocycles. The van der Waals surface area contributed by atoms with Crippen molar-refractivity contribution in [2.24, 2.45) is 0 Å². The van der Waals surface area contributed by atoms with Crippen LogP contribution in [0.2, 0.25) is 0 Å². The number of aliphatic hydroxyl groups is 1. The Morgan fingerprint density at radius 3 is 2.75 bits per heavy atom. The Hall–Kier alpha value is -1.26. The first kappa shape index (κ1) is 12.8. The van der Waals surface area contributed by atoms with Crippen LogP contribution in [0.5, 0.6) is 11.5 Å². The first-order valence-electron chi connectivity index (χ1n) is 5.29. The Labute approximate surface area is 96.2 Å². The maximum Gasteiger partial charge on any atom is 0.124 e. The molecule has 0 amide bonds. The van der Waals surface area contributed by atoms with Gasteiger partial charge in [0, 0.05) is 12.1 Å². The van der Waals surface area contributed by atoms with Crippen molar-refractivity contribution in [3.63, 3.8) is 0 Å². The first-order valence-corrected chi connectivity index (χ1v) is 5.29. The highest BCUT2D eigenvalue weighted by molar-refractivity contribution is 5.40. The summed E-state index contributed by atoms with van der Waals surface area (Å²) >= 11 is 0. The molecule has 1 unspecified atom stereocenters. The van der Waals surface area contributed by atoms with Crippen LogP contribution in [0.3, 0.4) is 0 Å². The van der Waals surface area contributed by atoms with E-state index >= 15 is 0 Å². The van der Waals surface area contributed by atoms with E-state index in [-0.39, 0.29) is 0 Å². The molecular weight excluding hydrogens is 206 g/mol. The van der Waals surface area contributed by atoms with Gasteiger partial charge in [0.05, 0.1) is 13.2 Å². The van der Waals surface area contributed by atoms with Crippen molar-refractivity contribution in [2.75, 3.05) is 20.8 Å². The van der Waals surface area contributed by atoms with Crippen LogP contribution in [-0.4, -0.2) is 32.0 Å². The van der Waals surface area contributed by atoms with Gasteiger partial charge < -0.3 is 19.9 Å². The van der Waals surface area contributed by atoms with Crippen molar-refractivity contribution < 1.29 is 14.6 Å². The lowest BCUT2D eigenvalue weighted by Gasteiger charge is -2.13. The third kappa shape index (κ3) is 3.72. The molecule has 0 radical (unpaired) electrons. The van der Waals surface area contributed by atoms with Gasteiger partial charge in [-0.05, 0) is 32.2 Å². The van der Waals surface area contributed by atoms with E-state index in [1.165, 1.54) is 0 Å². The third-order valence-electron chi connectivity index (χ3n) is 2.11. The molecule has 1 aromatic rings. The van der Waals surface area contributed by atoms with Crippen LogP contribution in [0.25, 0.3) is 0 Å². The molecule has 0 spiro atoms. The molecule has 2 N–H and O–H groups in total. The first-order chi connectivity index (χ1) is 7.67. The van der Waals surface area contributed by atoms with E-state index in [1.54, 1.807) is 14.0 Å². The highest BCUT2D eigenvalue weighted by Crippen LogP contribution is 2.24. The van der Waals surface area contributed by atoms with Gasteiger partial charge in [-0.25, -0.2) is 0 Å². The lowest BCUT2D eigenvalue weighted by atomic mass is 10.2. The van der Waals surface area contributed by atoms with E-state index in [4.69, 9.17) is 14.6 Å². The summed E-state index contributed by atoms with van der Waals surface area (Å²) in [6.07, 6.45) is -0.468. The van der Waals surface area contributed by atoms with Crippen LogP contribution in [0.15, 0.2) is 18.2 Å². The molecule has 0 heterocycles. The summed E-state index contributed by atoms with van der Waals surface area (Å²) in [7, 11) is 3.51. The largest absolute Gasteiger partial charge is 0.497 e. The fraction of sp³-hybridized carbons (Fsp3) is 0.500. The standard InChI is InChI=1S/C12H19NO3/c1-9(14)8-16-12-5-4-11(15-3)6-10(12)7-13-2/h4-6,9,13-14H,7-8H2,1-3H3. The average Bonchev–Trinajstić information content (AvgIpc) is 2.27. The van der Waals surface area contributed by atoms with E-state index in [1.807, 2.05) is 25.2 Å². The summed E-state index contributed by atoms with van der Waals surface area (Å²) in [6, 6.07) is 5.62. The quantitative estimate of drug-likeness (QED) is 0.763. The van der Waals surface area contributed by atoms with Crippen molar-refractivity contribution in [1.82, 2.24) is 5.32 Å². The second-order valence-electron chi connectivity index (χ2n) is 3.66. The van der Waals surface area contributed by atoms with Gasteiger partial charge in [0.15, 0.2) is 0 Å². The number of nitrogens with one attached hydrogen (secondary N) is 1. The Bertz CT molecular complexity index is 326. The molecule has 0 fully saturated rings. The molecule has 0 aliphatic rings. The summed E-state index contributed by atoms with van der Waals surface area (Å²) in [5, 5.41) is 12.2. The zero-order valence-electron chi connectivity index (χ0n) is 9.99. The van der Waals surface area contributed by atoms with Crippen molar-refractivity contribution in [1.29, 1.82) is 0 Å². The van der Waals surface area contributed by atoms with Crippen LogP contribution in [0.1, 0.15) is 12.5 Å². The predicted octanol–water partition coefficient (Wildman–Crippen LogP) is 1.17. The van der Waals surface area contributed by atoms with Crippen LogP contribution < -0.4 is 14.8 Å². The van der Waals surface area contributed by atoms with Crippen LogP contribution in [0.4, 0.5) is 0 Å². The molecule has 4 nitrogen and oxygen atoms in total. The number of aliphatic hydroxyl groups excluding tert-OH is 1. The topological polar surface area (TPSA) is 50.7 Å². The molecule has 0 aromatic heterocycles. The molecule has 4 heteroatoms. The minimum absolute atomic E-state index is 0.295. The van der Waals surface area contributed by atoms with Crippen molar-refractivity contribution in [2.45, 2.75) is 19.6 Å². The van der Waals surface area contributed by atoms with Crippen molar-refractivity contribution in [3.05, 3.63) is 23.8 Å². The van der Waals surface area contributed by atoms with Gasteiger partial charge in [0.2, 0.25) is 0 Å². The Morgan fingerprint density at radius 2 is 2.19 bits per heavy atom. The molecule has 1 atom stereocenters. The fourth-order valence-corrected chi connectivity index (χ4v) is 1.36. The van der Waals surface area contributed by atoms with E-state index in [2.05, 4.69) is 5.32 Å². The normalized spacial score (nSPS) is 12.2. The number of benzene rings is 1. The monoisotopic (exact) mass is 225 g/mol. The Balaban J connectivity index is 2.80. The zero-order valence-corrected chi connectivity index (χ0v) is 9.99. The minimum Gasteiger partial charge on any atom is -0.497 e. The molecule has 0 aliphatic heterocycles. The van der Waals surface area contributed by atoms with Gasteiger partial charge in [-0.2, -0.15) is 0 Å². The number of hydrogen-bond donors (Lipinski definition) is 2. The number of hydrogen-bond acceptors (Lipinski definition) is 4. The van der Waals surface area contributed by atoms with Gasteiger partial charge in [0.1, 0.15) is 18.1 Å². The Morgan fingerprint density at radius 1 is 1.44 bits per heavy atom.